The first-order valence-corrected chi connectivity index (χ1v) is 9.43. The molecule has 26 heavy (non-hydrogen) atoms. The number of ether oxygens (including phenoxy) is 1. The Bertz CT molecular complexity index is 676. The summed E-state index contributed by atoms with van der Waals surface area (Å²) in [7, 11) is 0. The van der Waals surface area contributed by atoms with Crippen LogP contribution in [0.1, 0.15) is 57.6 Å². The summed E-state index contributed by atoms with van der Waals surface area (Å²) in [6.07, 6.45) is 4.64. The summed E-state index contributed by atoms with van der Waals surface area (Å²) >= 11 is 0. The quantitative estimate of drug-likeness (QED) is 0.537. The molecule has 1 unspecified atom stereocenters. The Kier molecular flexibility index (Phi) is 6.98. The largest absolute Gasteiger partial charge is 0.458 e. The molecule has 0 aliphatic heterocycles. The minimum absolute atomic E-state index is 0.348. The normalized spacial score (nSPS) is 13.8. The number of carbonyl (C=O) groups is 1. The Hall–Kier alpha value is -2.13. The van der Waals surface area contributed by atoms with E-state index in [0.717, 1.165) is 31.2 Å². The Labute approximate surface area is 157 Å². The number of unbranched alkanes of at least 4 members (excludes halogenated alkanes) is 2. The lowest BCUT2D eigenvalue weighted by Crippen LogP contribution is -2.48. The second-order valence-electron chi connectivity index (χ2n) is 7.89. The van der Waals surface area contributed by atoms with Gasteiger partial charge in [-0.2, -0.15) is 0 Å². The van der Waals surface area contributed by atoms with Gasteiger partial charge in [0.15, 0.2) is 0 Å². The van der Waals surface area contributed by atoms with Crippen LogP contribution in [0.5, 0.6) is 0 Å². The Balaban J connectivity index is 1.97. The van der Waals surface area contributed by atoms with Crippen LogP contribution in [0, 0.1) is 0 Å². The maximum Gasteiger partial charge on any atom is 0.331 e. The van der Waals surface area contributed by atoms with Crippen molar-refractivity contribution in [2.45, 2.75) is 64.0 Å². The van der Waals surface area contributed by atoms with Gasteiger partial charge in [-0.3, -0.25) is 0 Å². The van der Waals surface area contributed by atoms with Crippen LogP contribution in [0.2, 0.25) is 0 Å². The molecule has 2 aromatic carbocycles. The average Bonchev–Trinajstić information content (AvgIpc) is 2.61. The molecule has 3 heteroatoms. The van der Waals surface area contributed by atoms with E-state index in [2.05, 4.69) is 24.3 Å². The zero-order valence-electron chi connectivity index (χ0n) is 16.2. The van der Waals surface area contributed by atoms with Gasteiger partial charge in [-0.1, -0.05) is 73.5 Å². The molecule has 140 valence electrons. The number of carbonyl (C=O) groups excluding carboxylic acids is 1. The van der Waals surface area contributed by atoms with Crippen molar-refractivity contribution in [3.05, 3.63) is 71.8 Å². The zero-order chi connectivity index (χ0) is 19.0. The SMILES string of the molecule is CC(C)(C)OC(=O)C(N)(CCCCCc1ccccc1)c1ccccc1. The van der Waals surface area contributed by atoms with E-state index in [1.54, 1.807) is 0 Å². The van der Waals surface area contributed by atoms with Crippen LogP contribution in [-0.2, 0) is 21.5 Å². The van der Waals surface area contributed by atoms with Gasteiger partial charge in [-0.05, 0) is 51.2 Å². The number of aryl methyl sites for hydroxylation is 1. The fourth-order valence-electron chi connectivity index (χ4n) is 3.02. The Morgan fingerprint density at radius 1 is 0.885 bits per heavy atom. The van der Waals surface area contributed by atoms with Crippen LogP contribution in [0.4, 0.5) is 0 Å². The highest BCUT2D eigenvalue weighted by Crippen LogP contribution is 2.28. The topological polar surface area (TPSA) is 52.3 Å². The molecule has 2 N–H and O–H groups in total. The summed E-state index contributed by atoms with van der Waals surface area (Å²) in [5.41, 5.74) is 7.11. The first kappa shape index (κ1) is 20.2. The predicted molar refractivity (Wildman–Crippen MR) is 107 cm³/mol. The van der Waals surface area contributed by atoms with E-state index in [4.69, 9.17) is 10.5 Å². The first-order chi connectivity index (χ1) is 12.3. The number of esters is 1. The van der Waals surface area contributed by atoms with Gasteiger partial charge in [0, 0.05) is 0 Å². The number of benzene rings is 2. The maximum atomic E-state index is 12.8. The molecule has 2 rings (SSSR count). The fraction of sp³-hybridized carbons (Fsp3) is 0.435. The summed E-state index contributed by atoms with van der Waals surface area (Å²) in [5.74, 6) is -0.348. The summed E-state index contributed by atoms with van der Waals surface area (Å²) in [5, 5.41) is 0. The fourth-order valence-corrected chi connectivity index (χ4v) is 3.02. The van der Waals surface area contributed by atoms with Gasteiger partial charge in [0.25, 0.3) is 0 Å². The number of hydrogen-bond donors (Lipinski definition) is 1. The van der Waals surface area contributed by atoms with Crippen molar-refractivity contribution < 1.29 is 9.53 Å². The van der Waals surface area contributed by atoms with Gasteiger partial charge in [-0.25, -0.2) is 4.79 Å². The lowest BCUT2D eigenvalue weighted by molar-refractivity contribution is -0.162. The second kappa shape index (κ2) is 9.00. The van der Waals surface area contributed by atoms with Crippen molar-refractivity contribution in [3.63, 3.8) is 0 Å². The molecule has 0 spiro atoms. The molecular formula is C23H31NO2. The zero-order valence-corrected chi connectivity index (χ0v) is 16.2. The van der Waals surface area contributed by atoms with Crippen LogP contribution in [-0.4, -0.2) is 11.6 Å². The lowest BCUT2D eigenvalue weighted by atomic mass is 9.85. The van der Waals surface area contributed by atoms with Crippen LogP contribution in [0.25, 0.3) is 0 Å². The molecule has 3 nitrogen and oxygen atoms in total. The molecule has 0 radical (unpaired) electrons. The molecule has 1 atom stereocenters. The van der Waals surface area contributed by atoms with Crippen LogP contribution in [0.15, 0.2) is 60.7 Å². The molecule has 0 saturated carbocycles. The average molecular weight is 354 g/mol. The van der Waals surface area contributed by atoms with Crippen molar-refractivity contribution >= 4 is 5.97 Å². The molecule has 0 amide bonds. The Morgan fingerprint density at radius 3 is 2.04 bits per heavy atom. The van der Waals surface area contributed by atoms with Gasteiger partial charge in [0.1, 0.15) is 11.1 Å². The third-order valence-corrected chi connectivity index (χ3v) is 4.43. The second-order valence-corrected chi connectivity index (χ2v) is 7.89. The van der Waals surface area contributed by atoms with E-state index in [1.165, 1.54) is 5.56 Å². The molecular weight excluding hydrogens is 322 g/mol. The molecule has 2 aromatic rings. The van der Waals surface area contributed by atoms with E-state index >= 15 is 0 Å². The lowest BCUT2D eigenvalue weighted by Gasteiger charge is -2.31. The first-order valence-electron chi connectivity index (χ1n) is 9.43. The summed E-state index contributed by atoms with van der Waals surface area (Å²) in [6.45, 7) is 5.61. The predicted octanol–water partition coefficient (Wildman–Crippen LogP) is 4.99. The summed E-state index contributed by atoms with van der Waals surface area (Å²) in [4.78, 5) is 12.8. The molecule has 0 aliphatic carbocycles. The highest BCUT2D eigenvalue weighted by atomic mass is 16.6. The molecule has 0 saturated heterocycles. The third-order valence-electron chi connectivity index (χ3n) is 4.43. The monoisotopic (exact) mass is 353 g/mol. The molecule has 0 aromatic heterocycles. The van der Waals surface area contributed by atoms with Crippen LogP contribution in [0.3, 0.4) is 0 Å². The highest BCUT2D eigenvalue weighted by molar-refractivity contribution is 5.82. The van der Waals surface area contributed by atoms with Crippen molar-refractivity contribution in [1.82, 2.24) is 0 Å². The van der Waals surface area contributed by atoms with Gasteiger partial charge in [0.2, 0.25) is 0 Å². The smallest absolute Gasteiger partial charge is 0.331 e. The molecule has 0 heterocycles. The van der Waals surface area contributed by atoms with Crippen molar-refractivity contribution in [1.29, 1.82) is 0 Å². The van der Waals surface area contributed by atoms with Crippen LogP contribution >= 0.6 is 0 Å². The highest BCUT2D eigenvalue weighted by Gasteiger charge is 2.39. The van der Waals surface area contributed by atoms with Gasteiger partial charge >= 0.3 is 5.97 Å². The van der Waals surface area contributed by atoms with Crippen LogP contribution < -0.4 is 5.73 Å². The summed E-state index contributed by atoms with van der Waals surface area (Å²) < 4.78 is 5.62. The maximum absolute atomic E-state index is 12.8. The van der Waals surface area contributed by atoms with Gasteiger partial charge in [-0.15, -0.1) is 0 Å². The minimum Gasteiger partial charge on any atom is -0.458 e. The van der Waals surface area contributed by atoms with E-state index < -0.39 is 11.1 Å². The number of rotatable bonds is 8. The molecule has 0 bridgehead atoms. The van der Waals surface area contributed by atoms with Gasteiger partial charge in [0.05, 0.1) is 0 Å². The van der Waals surface area contributed by atoms with Crippen molar-refractivity contribution in [2.75, 3.05) is 0 Å². The Morgan fingerprint density at radius 2 is 1.46 bits per heavy atom. The van der Waals surface area contributed by atoms with E-state index in [1.807, 2.05) is 57.2 Å². The van der Waals surface area contributed by atoms with E-state index in [-0.39, 0.29) is 5.97 Å². The van der Waals surface area contributed by atoms with Crippen molar-refractivity contribution in [3.8, 4) is 0 Å². The van der Waals surface area contributed by atoms with Crippen molar-refractivity contribution in [2.24, 2.45) is 5.73 Å². The standard InChI is InChI=1S/C23H31NO2/c1-22(2,3)26-21(25)23(24,20-16-10-5-11-17-20)18-12-6-9-15-19-13-7-4-8-14-19/h4-5,7-8,10-11,13-14,16-17H,6,9,12,15,18,24H2,1-3H3. The number of hydrogen-bond acceptors (Lipinski definition) is 3. The molecule has 0 aliphatic rings. The summed E-state index contributed by atoms with van der Waals surface area (Å²) in [6, 6.07) is 20.0. The third kappa shape index (κ3) is 5.99. The molecule has 0 fully saturated rings. The van der Waals surface area contributed by atoms with Gasteiger partial charge < -0.3 is 10.5 Å². The number of nitrogens with two attached hydrogens (primary N) is 1. The minimum atomic E-state index is -1.10. The van der Waals surface area contributed by atoms with E-state index in [9.17, 15) is 4.79 Å². The van der Waals surface area contributed by atoms with E-state index in [0.29, 0.717) is 6.42 Å².